The van der Waals surface area contributed by atoms with Gasteiger partial charge in [-0.3, -0.25) is 0 Å². The van der Waals surface area contributed by atoms with Crippen molar-refractivity contribution in [1.82, 2.24) is 0 Å². The maximum atomic E-state index is 13.6. The molecule has 7 atom stereocenters. The largest absolute Gasteiger partial charge is 0.417 e. The Morgan fingerprint density at radius 1 is 1.18 bits per heavy atom. The molecule has 2 fully saturated rings. The first-order chi connectivity index (χ1) is 10.3. The van der Waals surface area contributed by atoms with Crippen LogP contribution in [0.4, 0.5) is 13.2 Å². The standard InChI is InChI=1S/C16H23F3O3/c1-3-21-8-22-15(2,16(17,18)19)12-7-11-9-4-5-10(6-9)13(11)14(12)20/h4-5,9-14,20H,3,6-8H2,1-2H3. The Bertz CT molecular complexity index is 450. The highest BCUT2D eigenvalue weighted by Crippen LogP contribution is 2.60. The van der Waals surface area contributed by atoms with E-state index in [2.05, 4.69) is 12.2 Å². The van der Waals surface area contributed by atoms with Gasteiger partial charge in [0, 0.05) is 12.5 Å². The molecule has 22 heavy (non-hydrogen) atoms. The number of rotatable bonds is 5. The number of ether oxygens (including phenoxy) is 2. The van der Waals surface area contributed by atoms with Crippen LogP contribution in [0.3, 0.4) is 0 Å². The highest BCUT2D eigenvalue weighted by atomic mass is 19.4. The van der Waals surface area contributed by atoms with Crippen molar-refractivity contribution in [3.8, 4) is 0 Å². The molecule has 2 saturated carbocycles. The zero-order chi connectivity index (χ0) is 16.1. The fourth-order valence-corrected chi connectivity index (χ4v) is 4.70. The van der Waals surface area contributed by atoms with Crippen LogP contribution in [-0.4, -0.2) is 36.4 Å². The van der Waals surface area contributed by atoms with Crippen molar-refractivity contribution in [2.75, 3.05) is 13.4 Å². The fraction of sp³-hybridized carbons (Fsp3) is 0.875. The minimum atomic E-state index is -4.54. The number of allylic oxidation sites excluding steroid dienone is 2. The number of hydrogen-bond donors (Lipinski definition) is 1. The van der Waals surface area contributed by atoms with Gasteiger partial charge in [-0.05, 0) is 50.4 Å². The smallest absolute Gasteiger partial charge is 0.392 e. The third kappa shape index (κ3) is 2.31. The molecule has 3 aliphatic rings. The number of aliphatic hydroxyl groups excluding tert-OH is 1. The summed E-state index contributed by atoms with van der Waals surface area (Å²) in [5, 5.41) is 10.6. The predicted molar refractivity (Wildman–Crippen MR) is 73.9 cm³/mol. The lowest BCUT2D eigenvalue weighted by Gasteiger charge is -2.39. The van der Waals surface area contributed by atoms with Gasteiger partial charge in [-0.1, -0.05) is 12.2 Å². The summed E-state index contributed by atoms with van der Waals surface area (Å²) in [6.45, 7) is 2.64. The Hall–Kier alpha value is -0.590. The third-order valence-corrected chi connectivity index (χ3v) is 5.94. The van der Waals surface area contributed by atoms with Gasteiger partial charge in [0.25, 0.3) is 0 Å². The van der Waals surface area contributed by atoms with Crippen LogP contribution in [0.25, 0.3) is 0 Å². The van der Waals surface area contributed by atoms with Crippen LogP contribution in [0.5, 0.6) is 0 Å². The van der Waals surface area contributed by atoms with Gasteiger partial charge in [-0.25, -0.2) is 0 Å². The first kappa shape index (κ1) is 16.3. The molecule has 7 unspecified atom stereocenters. The van der Waals surface area contributed by atoms with Crippen molar-refractivity contribution in [2.24, 2.45) is 29.6 Å². The van der Waals surface area contributed by atoms with Gasteiger partial charge in [0.2, 0.25) is 0 Å². The van der Waals surface area contributed by atoms with Gasteiger partial charge in [-0.2, -0.15) is 13.2 Å². The zero-order valence-corrected chi connectivity index (χ0v) is 12.8. The summed E-state index contributed by atoms with van der Waals surface area (Å²) in [5.74, 6) is -0.309. The van der Waals surface area contributed by atoms with Crippen molar-refractivity contribution in [3.63, 3.8) is 0 Å². The van der Waals surface area contributed by atoms with Gasteiger partial charge >= 0.3 is 6.18 Å². The van der Waals surface area contributed by atoms with Crippen LogP contribution in [0.15, 0.2) is 12.2 Å². The normalized spacial score (nSPS) is 42.6. The molecule has 0 saturated heterocycles. The van der Waals surface area contributed by atoms with E-state index in [0.717, 1.165) is 13.3 Å². The van der Waals surface area contributed by atoms with Gasteiger partial charge in [0.1, 0.15) is 6.79 Å². The van der Waals surface area contributed by atoms with E-state index in [-0.39, 0.29) is 17.8 Å². The number of fused-ring (bicyclic) bond motifs is 5. The van der Waals surface area contributed by atoms with Crippen molar-refractivity contribution in [3.05, 3.63) is 12.2 Å². The number of halogens is 3. The fourth-order valence-electron chi connectivity index (χ4n) is 4.70. The van der Waals surface area contributed by atoms with Gasteiger partial charge < -0.3 is 14.6 Å². The van der Waals surface area contributed by atoms with Crippen LogP contribution in [0, 0.1) is 29.6 Å². The second-order valence-corrected chi connectivity index (χ2v) is 6.88. The predicted octanol–water partition coefficient (Wildman–Crippen LogP) is 3.14. The van der Waals surface area contributed by atoms with Crippen LogP contribution in [0.1, 0.15) is 26.7 Å². The quantitative estimate of drug-likeness (QED) is 0.480. The lowest BCUT2D eigenvalue weighted by Crippen LogP contribution is -2.54. The maximum Gasteiger partial charge on any atom is 0.417 e. The van der Waals surface area contributed by atoms with Crippen molar-refractivity contribution >= 4 is 0 Å². The summed E-state index contributed by atoms with van der Waals surface area (Å²) in [6, 6.07) is 0. The van der Waals surface area contributed by atoms with Crippen LogP contribution < -0.4 is 0 Å². The van der Waals surface area contributed by atoms with Crippen molar-refractivity contribution in [2.45, 2.75) is 44.6 Å². The Morgan fingerprint density at radius 2 is 1.86 bits per heavy atom. The molecule has 0 radical (unpaired) electrons. The van der Waals surface area contributed by atoms with E-state index in [0.29, 0.717) is 18.9 Å². The van der Waals surface area contributed by atoms with Gasteiger partial charge in [-0.15, -0.1) is 0 Å². The molecule has 0 heterocycles. The van der Waals surface area contributed by atoms with Crippen LogP contribution in [0.2, 0.25) is 0 Å². The lowest BCUT2D eigenvalue weighted by molar-refractivity contribution is -0.316. The topological polar surface area (TPSA) is 38.7 Å². The summed E-state index contributed by atoms with van der Waals surface area (Å²) >= 11 is 0. The molecule has 3 rings (SSSR count). The molecule has 0 aromatic heterocycles. The van der Waals surface area contributed by atoms with E-state index in [9.17, 15) is 18.3 Å². The SMILES string of the molecule is CCOCOC(C)(C1CC2C3C=CC(C3)C2C1O)C(F)(F)F. The molecule has 0 aliphatic heterocycles. The summed E-state index contributed by atoms with van der Waals surface area (Å²) in [4.78, 5) is 0. The highest BCUT2D eigenvalue weighted by molar-refractivity contribution is 5.19. The minimum Gasteiger partial charge on any atom is -0.392 e. The average Bonchev–Trinajstić information content (AvgIpc) is 3.10. The van der Waals surface area contributed by atoms with Gasteiger partial charge in [0.05, 0.1) is 6.10 Å². The molecule has 0 aromatic carbocycles. The molecule has 6 heteroatoms. The first-order valence-electron chi connectivity index (χ1n) is 7.94. The van der Waals surface area contributed by atoms with E-state index in [1.54, 1.807) is 6.92 Å². The Morgan fingerprint density at radius 3 is 2.45 bits per heavy atom. The Balaban J connectivity index is 1.81. The summed E-state index contributed by atoms with van der Waals surface area (Å²) in [5.41, 5.74) is -2.37. The van der Waals surface area contributed by atoms with Crippen molar-refractivity contribution < 1.29 is 27.8 Å². The van der Waals surface area contributed by atoms with E-state index < -0.39 is 30.6 Å². The van der Waals surface area contributed by atoms with E-state index in [4.69, 9.17) is 9.47 Å². The molecule has 3 aliphatic carbocycles. The van der Waals surface area contributed by atoms with Crippen molar-refractivity contribution in [1.29, 1.82) is 0 Å². The minimum absolute atomic E-state index is 0.0580. The Kier molecular flexibility index (Phi) is 4.06. The summed E-state index contributed by atoms with van der Waals surface area (Å²) in [6.07, 6.45) is -0.0172. The second kappa shape index (κ2) is 5.49. The molecule has 0 amide bonds. The monoisotopic (exact) mass is 320 g/mol. The molecule has 2 bridgehead atoms. The second-order valence-electron chi connectivity index (χ2n) is 6.88. The van der Waals surface area contributed by atoms with E-state index in [1.165, 1.54) is 0 Å². The third-order valence-electron chi connectivity index (χ3n) is 5.94. The molecular weight excluding hydrogens is 297 g/mol. The van der Waals surface area contributed by atoms with Gasteiger partial charge in [0.15, 0.2) is 5.60 Å². The highest BCUT2D eigenvalue weighted by Gasteiger charge is 2.66. The number of alkyl halides is 3. The summed E-state index contributed by atoms with van der Waals surface area (Å²) < 4.78 is 51.0. The number of aliphatic hydroxyl groups is 1. The maximum absolute atomic E-state index is 13.6. The molecule has 0 aromatic rings. The molecular formula is C16H23F3O3. The molecule has 126 valence electrons. The first-order valence-corrected chi connectivity index (χ1v) is 7.94. The zero-order valence-electron chi connectivity index (χ0n) is 12.8. The Labute approximate surface area is 128 Å². The molecule has 3 nitrogen and oxygen atoms in total. The number of hydrogen-bond acceptors (Lipinski definition) is 3. The molecule has 0 spiro atoms. The lowest BCUT2D eigenvalue weighted by atomic mass is 9.81. The van der Waals surface area contributed by atoms with E-state index >= 15 is 0 Å². The van der Waals surface area contributed by atoms with E-state index in [1.807, 2.05) is 0 Å². The van der Waals surface area contributed by atoms with Crippen LogP contribution in [-0.2, 0) is 9.47 Å². The van der Waals surface area contributed by atoms with Crippen LogP contribution >= 0.6 is 0 Å². The summed E-state index contributed by atoms with van der Waals surface area (Å²) in [7, 11) is 0. The average molecular weight is 320 g/mol. The molecule has 1 N–H and O–H groups in total.